The molecule has 16 heteroatoms. The second-order valence-corrected chi connectivity index (χ2v) is 12.3. The molecule has 0 aliphatic heterocycles. The molecule has 6 aromatic carbocycles. The van der Waals surface area contributed by atoms with Gasteiger partial charge < -0.3 is 9.80 Å². The smallest absolute Gasteiger partial charge is 0.305 e. The van der Waals surface area contributed by atoms with Crippen LogP contribution in [-0.4, -0.2) is 0 Å². The van der Waals surface area contributed by atoms with E-state index in [0.29, 0.717) is 20.9 Å². The van der Waals surface area contributed by atoms with Crippen LogP contribution in [-0.2, 0) is 12.4 Å². The molecule has 2 nitrogen and oxygen atoms in total. The first-order chi connectivity index (χ1) is 26.2. The van der Waals surface area contributed by atoms with Gasteiger partial charge in [-0.1, -0.05) is 48.5 Å². The molecule has 0 saturated heterocycles. The van der Waals surface area contributed by atoms with Crippen LogP contribution in [0.4, 0.5) is 95.6 Å². The highest BCUT2D eigenvalue weighted by molar-refractivity contribution is 5.84. The van der Waals surface area contributed by atoms with Crippen molar-refractivity contribution in [2.75, 3.05) is 9.80 Å². The van der Waals surface area contributed by atoms with Gasteiger partial charge in [0, 0.05) is 22.7 Å². The van der Waals surface area contributed by atoms with Crippen molar-refractivity contribution >= 4 is 34.1 Å². The minimum Gasteiger partial charge on any atom is -0.305 e. The second-order valence-electron chi connectivity index (χ2n) is 12.3. The number of para-hydroxylation sites is 2. The van der Waals surface area contributed by atoms with Crippen LogP contribution in [0.2, 0.25) is 0 Å². The molecule has 6 rings (SSSR count). The van der Waals surface area contributed by atoms with Gasteiger partial charge >= 0.3 is 12.4 Å². The fraction of sp³-hybridized carbons (Fsp3) is 0.100. The number of hydrogen-bond acceptors (Lipinski definition) is 2. The Kier molecular flexibility index (Phi) is 10.3. The fourth-order valence-electron chi connectivity index (χ4n) is 6.23. The van der Waals surface area contributed by atoms with E-state index >= 15 is 17.6 Å². The van der Waals surface area contributed by atoms with E-state index in [0.717, 1.165) is 0 Å². The van der Waals surface area contributed by atoms with Gasteiger partial charge in [-0.3, -0.25) is 0 Å². The van der Waals surface area contributed by atoms with Crippen molar-refractivity contribution in [3.8, 4) is 11.1 Å². The number of hydrogen-bond donors (Lipinski definition) is 0. The van der Waals surface area contributed by atoms with Gasteiger partial charge in [0.15, 0.2) is 46.5 Å². The molecule has 6 aromatic rings. The Morgan fingerprint density at radius 3 is 0.911 bits per heavy atom. The molecule has 0 amide bonds. The summed E-state index contributed by atoms with van der Waals surface area (Å²) in [4.78, 5) is 1.38. The lowest BCUT2D eigenvalue weighted by Crippen LogP contribution is -2.21. The lowest BCUT2D eigenvalue weighted by atomic mass is 9.98. The first-order valence-corrected chi connectivity index (χ1v) is 16.0. The quantitative estimate of drug-likeness (QED) is 0.117. The van der Waals surface area contributed by atoms with E-state index in [1.165, 1.54) is 111 Å². The third-order valence-electron chi connectivity index (χ3n) is 8.73. The highest BCUT2D eigenvalue weighted by atomic mass is 19.4. The number of benzene rings is 6. The van der Waals surface area contributed by atoms with Crippen LogP contribution in [0.3, 0.4) is 0 Å². The van der Waals surface area contributed by atoms with Crippen molar-refractivity contribution < 1.29 is 61.5 Å². The lowest BCUT2D eigenvalue weighted by Gasteiger charge is -2.29. The van der Waals surface area contributed by atoms with Gasteiger partial charge in [-0.2, -0.15) is 26.3 Å². The first kappa shape index (κ1) is 39.6. The summed E-state index contributed by atoms with van der Waals surface area (Å²) < 4.78 is 201. The SMILES string of the molecule is Cc1cc(-c2ccc(N(c3ccccc3)c3c(F)c(F)c(C(F)(F)F)c(F)c3F)c(C)c2)ccc1N(c1ccccc1)c1c(F)c(F)c(C(F)(F)F)c(F)c1F. The Morgan fingerprint density at radius 1 is 0.375 bits per heavy atom. The number of rotatable bonds is 7. The largest absolute Gasteiger partial charge is 0.422 e. The Hall–Kier alpha value is -6.06. The van der Waals surface area contributed by atoms with Gasteiger partial charge in [-0.05, 0) is 84.6 Å². The average Bonchev–Trinajstić information content (AvgIpc) is 3.14. The topological polar surface area (TPSA) is 6.48 Å². The third kappa shape index (κ3) is 6.88. The van der Waals surface area contributed by atoms with E-state index in [4.69, 9.17) is 0 Å². The molecule has 0 spiro atoms. The van der Waals surface area contributed by atoms with Crippen LogP contribution in [0.1, 0.15) is 22.3 Å². The Labute approximate surface area is 308 Å². The van der Waals surface area contributed by atoms with E-state index in [9.17, 15) is 43.9 Å². The summed E-state index contributed by atoms with van der Waals surface area (Å²) in [5, 5.41) is 0. The number of nitrogens with zero attached hydrogens (tertiary/aromatic N) is 2. The highest BCUT2D eigenvalue weighted by Crippen LogP contribution is 2.47. The zero-order valence-corrected chi connectivity index (χ0v) is 28.4. The summed E-state index contributed by atoms with van der Waals surface area (Å²) in [6, 6.07) is 21.8. The predicted octanol–water partition coefficient (Wildman–Crippen LogP) is 14.1. The molecular formula is C40H22F14N2. The van der Waals surface area contributed by atoms with E-state index in [1.807, 2.05) is 0 Å². The van der Waals surface area contributed by atoms with E-state index in [-0.39, 0.29) is 33.9 Å². The zero-order valence-electron chi connectivity index (χ0n) is 28.4. The lowest BCUT2D eigenvalue weighted by molar-refractivity contribution is -0.144. The van der Waals surface area contributed by atoms with Gasteiger partial charge in [-0.25, -0.2) is 35.1 Å². The van der Waals surface area contributed by atoms with Crippen molar-refractivity contribution in [1.29, 1.82) is 0 Å². The summed E-state index contributed by atoms with van der Waals surface area (Å²) >= 11 is 0. The van der Waals surface area contributed by atoms with E-state index < -0.39 is 81.4 Å². The molecule has 0 bridgehead atoms. The third-order valence-corrected chi connectivity index (χ3v) is 8.73. The number of halogens is 14. The Balaban J connectivity index is 1.48. The van der Waals surface area contributed by atoms with Gasteiger partial charge in [0.05, 0.1) is 0 Å². The summed E-state index contributed by atoms with van der Waals surface area (Å²) in [6.45, 7) is 2.83. The zero-order chi connectivity index (χ0) is 41.0. The fourth-order valence-corrected chi connectivity index (χ4v) is 6.23. The molecular weight excluding hydrogens is 774 g/mol. The minimum absolute atomic E-state index is 0.100. The summed E-state index contributed by atoms with van der Waals surface area (Å²) in [7, 11) is 0. The van der Waals surface area contributed by atoms with Crippen molar-refractivity contribution in [2.45, 2.75) is 26.2 Å². The number of alkyl halides is 6. The maximum atomic E-state index is 15.4. The summed E-state index contributed by atoms with van der Waals surface area (Å²) in [6.07, 6.45) is -11.6. The molecule has 0 radical (unpaired) electrons. The van der Waals surface area contributed by atoms with Crippen molar-refractivity contribution in [1.82, 2.24) is 0 Å². The molecule has 290 valence electrons. The summed E-state index contributed by atoms with van der Waals surface area (Å²) in [5.74, 6) is -19.9. The average molecular weight is 797 g/mol. The van der Waals surface area contributed by atoms with Crippen LogP contribution in [0.15, 0.2) is 97.1 Å². The highest BCUT2D eigenvalue weighted by Gasteiger charge is 2.45. The van der Waals surface area contributed by atoms with Gasteiger partial charge in [-0.15, -0.1) is 0 Å². The van der Waals surface area contributed by atoms with Crippen LogP contribution in [0, 0.1) is 60.4 Å². The predicted molar refractivity (Wildman–Crippen MR) is 180 cm³/mol. The monoisotopic (exact) mass is 796 g/mol. The van der Waals surface area contributed by atoms with E-state index in [2.05, 4.69) is 0 Å². The second kappa shape index (κ2) is 14.5. The molecule has 0 unspecified atom stereocenters. The van der Waals surface area contributed by atoms with Crippen LogP contribution in [0.5, 0.6) is 0 Å². The van der Waals surface area contributed by atoms with Crippen LogP contribution in [0.25, 0.3) is 11.1 Å². The molecule has 0 saturated carbocycles. The van der Waals surface area contributed by atoms with Gasteiger partial charge in [0.2, 0.25) is 0 Å². The molecule has 0 aliphatic rings. The van der Waals surface area contributed by atoms with Crippen molar-refractivity contribution in [3.63, 3.8) is 0 Å². The Bertz CT molecular complexity index is 2230. The molecule has 0 aliphatic carbocycles. The molecule has 56 heavy (non-hydrogen) atoms. The van der Waals surface area contributed by atoms with Crippen molar-refractivity contribution in [3.05, 3.63) is 166 Å². The molecule has 0 heterocycles. The molecule has 0 fully saturated rings. The van der Waals surface area contributed by atoms with Gasteiger partial charge in [0.25, 0.3) is 0 Å². The molecule has 0 atom stereocenters. The minimum atomic E-state index is -5.78. The van der Waals surface area contributed by atoms with Gasteiger partial charge in [0.1, 0.15) is 22.5 Å². The maximum absolute atomic E-state index is 15.4. The standard InChI is InChI=1S/C40H22F14N2/c1-19-17-21(13-15-25(19)55(23-9-5-3-6-10-23)37-33(45)29(41)27(39(49,50)51)30(42)34(37)46)22-14-16-26(20(2)18-22)56(24-11-7-4-8-12-24)38-35(47)31(43)28(40(52,53)54)32(44)36(38)48/h3-18H,1-2H3. The Morgan fingerprint density at radius 2 is 0.661 bits per heavy atom. The summed E-state index contributed by atoms with van der Waals surface area (Å²) in [5.41, 5.74) is -7.90. The first-order valence-electron chi connectivity index (χ1n) is 16.0. The van der Waals surface area contributed by atoms with Crippen LogP contribution >= 0.6 is 0 Å². The van der Waals surface area contributed by atoms with Crippen molar-refractivity contribution in [2.24, 2.45) is 0 Å². The number of aryl methyl sites for hydroxylation is 2. The molecule has 0 N–H and O–H groups in total. The molecule has 0 aromatic heterocycles. The van der Waals surface area contributed by atoms with Crippen LogP contribution < -0.4 is 9.80 Å². The maximum Gasteiger partial charge on any atom is 0.422 e. The normalized spacial score (nSPS) is 11.9. The van der Waals surface area contributed by atoms with E-state index in [1.54, 1.807) is 0 Å². The number of anilines is 6.